The van der Waals surface area contributed by atoms with Gasteiger partial charge in [0.1, 0.15) is 11.4 Å². The predicted molar refractivity (Wildman–Crippen MR) is 109 cm³/mol. The lowest BCUT2D eigenvalue weighted by molar-refractivity contribution is -0.139. The van der Waals surface area contributed by atoms with Crippen molar-refractivity contribution < 1.29 is 23.9 Å². The number of hydrogen-bond donors (Lipinski definition) is 1. The molecule has 3 amide bonds. The quantitative estimate of drug-likeness (QED) is 0.780. The Morgan fingerprint density at radius 1 is 0.966 bits per heavy atom. The van der Waals surface area contributed by atoms with Crippen LogP contribution in [0.25, 0.3) is 0 Å². The lowest BCUT2D eigenvalue weighted by Crippen LogP contribution is -2.51. The number of nitrogens with zero attached hydrogens (tertiary/aromatic N) is 2. The average molecular weight is 405 g/mol. The van der Waals surface area contributed by atoms with Crippen LogP contribution in [0.5, 0.6) is 5.75 Å². The summed E-state index contributed by atoms with van der Waals surface area (Å²) in [6.07, 6.45) is 0.0100. The molecule has 0 bridgehead atoms. The first-order valence-corrected chi connectivity index (χ1v) is 9.83. The van der Waals surface area contributed by atoms with Crippen molar-refractivity contribution in [3.8, 4) is 5.75 Å². The number of ether oxygens (including phenoxy) is 2. The number of carbonyl (C=O) groups excluding carboxylic acids is 3. The molecule has 0 unspecified atom stereocenters. The molecule has 1 fully saturated rings. The molecule has 0 aromatic heterocycles. The Bertz CT molecular complexity index is 704. The van der Waals surface area contributed by atoms with Crippen LogP contribution < -0.4 is 10.1 Å². The van der Waals surface area contributed by atoms with Crippen LogP contribution in [-0.4, -0.2) is 73.1 Å². The monoisotopic (exact) mass is 405 g/mol. The molecule has 2 rings (SSSR count). The molecular weight excluding hydrogens is 374 g/mol. The van der Waals surface area contributed by atoms with Crippen molar-refractivity contribution in [1.82, 2.24) is 15.1 Å². The molecule has 1 saturated heterocycles. The number of piperazine rings is 1. The Labute approximate surface area is 172 Å². The van der Waals surface area contributed by atoms with Crippen LogP contribution in [0.15, 0.2) is 24.3 Å². The summed E-state index contributed by atoms with van der Waals surface area (Å²) in [6.45, 7) is 7.61. The fourth-order valence-electron chi connectivity index (χ4n) is 2.98. The zero-order valence-electron chi connectivity index (χ0n) is 17.7. The molecule has 0 radical (unpaired) electrons. The summed E-state index contributed by atoms with van der Waals surface area (Å²) in [5.41, 5.74) is 0.366. The fourth-order valence-corrected chi connectivity index (χ4v) is 2.98. The Hall–Kier alpha value is -2.77. The highest BCUT2D eigenvalue weighted by molar-refractivity contribution is 5.80. The van der Waals surface area contributed by atoms with Crippen LogP contribution in [0.2, 0.25) is 0 Å². The van der Waals surface area contributed by atoms with Gasteiger partial charge in [0, 0.05) is 39.1 Å². The Morgan fingerprint density at radius 2 is 1.52 bits per heavy atom. The number of hydrogen-bond acceptors (Lipinski definition) is 5. The normalized spacial score (nSPS) is 14.3. The summed E-state index contributed by atoms with van der Waals surface area (Å²) in [5.74, 6) is 0.770. The Balaban J connectivity index is 1.70. The van der Waals surface area contributed by atoms with Gasteiger partial charge in [-0.3, -0.25) is 9.59 Å². The molecule has 1 aromatic rings. The second-order valence-corrected chi connectivity index (χ2v) is 7.97. The van der Waals surface area contributed by atoms with E-state index in [1.165, 1.54) is 0 Å². The SMILES string of the molecule is COc1ccc(CC(=O)N2CCN(C(=O)CCNC(=O)OC(C)(C)C)CC2)cc1. The van der Waals surface area contributed by atoms with Crippen molar-refractivity contribution in [1.29, 1.82) is 0 Å². The van der Waals surface area contributed by atoms with Gasteiger partial charge >= 0.3 is 6.09 Å². The Morgan fingerprint density at radius 3 is 2.03 bits per heavy atom. The van der Waals surface area contributed by atoms with Gasteiger partial charge in [0.25, 0.3) is 0 Å². The standard InChI is InChI=1S/C21H31N3O5/c1-21(2,3)29-20(27)22-10-9-18(25)23-11-13-24(14-12-23)19(26)15-16-5-7-17(28-4)8-6-16/h5-8H,9-15H2,1-4H3,(H,22,27). The summed E-state index contributed by atoms with van der Waals surface area (Å²) in [4.78, 5) is 39.9. The zero-order chi connectivity index (χ0) is 21.4. The maximum Gasteiger partial charge on any atom is 0.407 e. The van der Waals surface area contributed by atoms with Gasteiger partial charge in [-0.1, -0.05) is 12.1 Å². The number of benzene rings is 1. The van der Waals surface area contributed by atoms with Gasteiger partial charge in [-0.2, -0.15) is 0 Å². The van der Waals surface area contributed by atoms with Crippen molar-refractivity contribution in [3.63, 3.8) is 0 Å². The third-order valence-electron chi connectivity index (χ3n) is 4.51. The van der Waals surface area contributed by atoms with Crippen molar-refractivity contribution in [2.75, 3.05) is 39.8 Å². The van der Waals surface area contributed by atoms with E-state index in [9.17, 15) is 14.4 Å². The summed E-state index contributed by atoms with van der Waals surface area (Å²) in [6, 6.07) is 7.44. The molecular formula is C21H31N3O5. The molecule has 1 aliphatic rings. The predicted octanol–water partition coefficient (Wildman–Crippen LogP) is 1.82. The van der Waals surface area contributed by atoms with Crippen molar-refractivity contribution >= 4 is 17.9 Å². The number of amides is 3. The lowest BCUT2D eigenvalue weighted by atomic mass is 10.1. The average Bonchev–Trinajstić information content (AvgIpc) is 2.67. The second-order valence-electron chi connectivity index (χ2n) is 7.97. The van der Waals surface area contributed by atoms with E-state index in [0.29, 0.717) is 32.6 Å². The molecule has 8 heteroatoms. The van der Waals surface area contributed by atoms with Gasteiger partial charge in [-0.25, -0.2) is 4.79 Å². The molecule has 1 aromatic carbocycles. The highest BCUT2D eigenvalue weighted by atomic mass is 16.6. The molecule has 1 aliphatic heterocycles. The van der Waals surface area contributed by atoms with E-state index in [4.69, 9.17) is 9.47 Å². The van der Waals surface area contributed by atoms with Crippen LogP contribution in [0, 0.1) is 0 Å². The maximum atomic E-state index is 12.5. The highest BCUT2D eigenvalue weighted by Gasteiger charge is 2.24. The number of nitrogens with one attached hydrogen (secondary N) is 1. The van der Waals surface area contributed by atoms with Crippen LogP contribution >= 0.6 is 0 Å². The highest BCUT2D eigenvalue weighted by Crippen LogP contribution is 2.13. The molecule has 0 atom stereocenters. The Kier molecular flexibility index (Phi) is 7.87. The third kappa shape index (κ3) is 7.63. The maximum absolute atomic E-state index is 12.5. The first-order chi connectivity index (χ1) is 13.7. The van der Waals surface area contributed by atoms with E-state index in [1.807, 2.05) is 24.3 Å². The first kappa shape index (κ1) is 22.5. The molecule has 0 aliphatic carbocycles. The fraction of sp³-hybridized carbons (Fsp3) is 0.571. The van der Waals surface area contributed by atoms with Gasteiger partial charge in [0.15, 0.2) is 0 Å². The molecule has 1 N–H and O–H groups in total. The summed E-state index contributed by atoms with van der Waals surface area (Å²) in [7, 11) is 1.61. The molecule has 0 saturated carbocycles. The summed E-state index contributed by atoms with van der Waals surface area (Å²) in [5, 5.41) is 2.59. The molecule has 29 heavy (non-hydrogen) atoms. The largest absolute Gasteiger partial charge is 0.497 e. The van der Waals surface area contributed by atoms with Crippen molar-refractivity contribution in [2.45, 2.75) is 39.2 Å². The van der Waals surface area contributed by atoms with Crippen LogP contribution in [0.3, 0.4) is 0 Å². The minimum Gasteiger partial charge on any atom is -0.497 e. The van der Waals surface area contributed by atoms with Gasteiger partial charge in [0.2, 0.25) is 11.8 Å². The molecule has 0 spiro atoms. The van der Waals surface area contributed by atoms with Gasteiger partial charge < -0.3 is 24.6 Å². The van der Waals surface area contributed by atoms with E-state index >= 15 is 0 Å². The van der Waals surface area contributed by atoms with Crippen molar-refractivity contribution in [2.24, 2.45) is 0 Å². The molecule has 8 nitrogen and oxygen atoms in total. The smallest absolute Gasteiger partial charge is 0.407 e. The van der Waals surface area contributed by atoms with Crippen LogP contribution in [-0.2, 0) is 20.7 Å². The molecule has 1 heterocycles. The van der Waals surface area contributed by atoms with E-state index in [2.05, 4.69) is 5.32 Å². The third-order valence-corrected chi connectivity index (χ3v) is 4.51. The minimum atomic E-state index is -0.567. The van der Waals surface area contributed by atoms with E-state index in [1.54, 1.807) is 37.7 Å². The number of carbonyl (C=O) groups is 3. The van der Waals surface area contributed by atoms with E-state index < -0.39 is 11.7 Å². The topological polar surface area (TPSA) is 88.2 Å². The van der Waals surface area contributed by atoms with Crippen molar-refractivity contribution in [3.05, 3.63) is 29.8 Å². The summed E-state index contributed by atoms with van der Waals surface area (Å²) >= 11 is 0. The van der Waals surface area contributed by atoms with Gasteiger partial charge in [-0.15, -0.1) is 0 Å². The number of alkyl carbamates (subject to hydrolysis) is 1. The van der Waals surface area contributed by atoms with E-state index in [-0.39, 0.29) is 24.8 Å². The molecule has 160 valence electrons. The number of rotatable bonds is 6. The van der Waals surface area contributed by atoms with Crippen LogP contribution in [0.4, 0.5) is 4.79 Å². The van der Waals surface area contributed by atoms with E-state index in [0.717, 1.165) is 11.3 Å². The minimum absolute atomic E-state index is 0.0386. The lowest BCUT2D eigenvalue weighted by Gasteiger charge is -2.35. The second kappa shape index (κ2) is 10.1. The summed E-state index contributed by atoms with van der Waals surface area (Å²) < 4.78 is 10.3. The zero-order valence-corrected chi connectivity index (χ0v) is 17.7. The van der Waals surface area contributed by atoms with Gasteiger partial charge in [-0.05, 0) is 38.5 Å². The first-order valence-electron chi connectivity index (χ1n) is 9.83. The number of methoxy groups -OCH3 is 1. The van der Waals surface area contributed by atoms with Gasteiger partial charge in [0.05, 0.1) is 13.5 Å². The van der Waals surface area contributed by atoms with Crippen LogP contribution in [0.1, 0.15) is 32.8 Å².